The van der Waals surface area contributed by atoms with Crippen molar-refractivity contribution in [3.63, 3.8) is 0 Å². The van der Waals surface area contributed by atoms with Crippen LogP contribution in [0.4, 0.5) is 5.69 Å². The van der Waals surface area contributed by atoms with Crippen molar-refractivity contribution >= 4 is 23.5 Å². The van der Waals surface area contributed by atoms with Gasteiger partial charge in [-0.15, -0.1) is 0 Å². The molecule has 1 fully saturated rings. The Kier molecular flexibility index (Phi) is 5.78. The van der Waals surface area contributed by atoms with E-state index in [0.29, 0.717) is 42.7 Å². The number of hydrogen-bond donors (Lipinski definition) is 2. The maximum Gasteiger partial charge on any atom is 0.306 e. The van der Waals surface area contributed by atoms with Crippen molar-refractivity contribution in [3.8, 4) is 0 Å². The van der Waals surface area contributed by atoms with E-state index in [0.717, 1.165) is 11.1 Å². The molecular formula is C22H24N2O4. The maximum absolute atomic E-state index is 12.6. The lowest BCUT2D eigenvalue weighted by atomic mass is 9.96. The molecule has 0 bridgehead atoms. The van der Waals surface area contributed by atoms with Crippen LogP contribution in [0.1, 0.15) is 44.7 Å². The zero-order valence-corrected chi connectivity index (χ0v) is 16.1. The van der Waals surface area contributed by atoms with Crippen molar-refractivity contribution in [2.24, 2.45) is 5.92 Å². The molecule has 1 heterocycles. The van der Waals surface area contributed by atoms with Crippen molar-refractivity contribution in [1.29, 1.82) is 0 Å². The van der Waals surface area contributed by atoms with Crippen LogP contribution in [-0.4, -0.2) is 40.9 Å². The highest BCUT2D eigenvalue weighted by Gasteiger charge is 2.27. The van der Waals surface area contributed by atoms with Crippen LogP contribution in [0.15, 0.2) is 42.5 Å². The normalized spacial score (nSPS) is 14.6. The number of benzene rings is 2. The van der Waals surface area contributed by atoms with E-state index in [-0.39, 0.29) is 17.7 Å². The number of likely N-dealkylation sites (tertiary alicyclic amines) is 1. The predicted octanol–water partition coefficient (Wildman–Crippen LogP) is 3.49. The number of anilines is 1. The Hall–Kier alpha value is -3.15. The summed E-state index contributed by atoms with van der Waals surface area (Å²) in [5.74, 6) is -1.48. The first-order chi connectivity index (χ1) is 13.3. The number of hydrogen-bond acceptors (Lipinski definition) is 3. The Morgan fingerprint density at radius 3 is 2.11 bits per heavy atom. The zero-order chi connectivity index (χ0) is 20.3. The van der Waals surface area contributed by atoms with Crippen molar-refractivity contribution in [2.45, 2.75) is 26.7 Å². The van der Waals surface area contributed by atoms with E-state index in [1.54, 1.807) is 35.2 Å². The van der Waals surface area contributed by atoms with E-state index in [4.69, 9.17) is 5.11 Å². The van der Waals surface area contributed by atoms with Gasteiger partial charge in [-0.05, 0) is 74.2 Å². The average Bonchev–Trinajstić information content (AvgIpc) is 2.70. The molecule has 2 aromatic carbocycles. The van der Waals surface area contributed by atoms with Gasteiger partial charge in [0.15, 0.2) is 0 Å². The maximum atomic E-state index is 12.6. The van der Waals surface area contributed by atoms with Crippen LogP contribution < -0.4 is 5.32 Å². The number of rotatable bonds is 4. The van der Waals surface area contributed by atoms with Crippen molar-refractivity contribution < 1.29 is 19.5 Å². The van der Waals surface area contributed by atoms with Crippen LogP contribution in [-0.2, 0) is 4.79 Å². The quantitative estimate of drug-likeness (QED) is 0.850. The van der Waals surface area contributed by atoms with E-state index >= 15 is 0 Å². The van der Waals surface area contributed by atoms with Crippen LogP contribution in [0.2, 0.25) is 0 Å². The third-order valence-corrected chi connectivity index (χ3v) is 5.29. The molecule has 0 atom stereocenters. The summed E-state index contributed by atoms with van der Waals surface area (Å²) in [5.41, 5.74) is 3.92. The minimum Gasteiger partial charge on any atom is -0.481 e. The second kappa shape index (κ2) is 8.25. The minimum absolute atomic E-state index is 0.115. The number of piperidine rings is 1. The fraction of sp³-hybridized carbons (Fsp3) is 0.318. The van der Waals surface area contributed by atoms with Gasteiger partial charge in [0.1, 0.15) is 0 Å². The van der Waals surface area contributed by atoms with Gasteiger partial charge in [0.2, 0.25) is 0 Å². The summed E-state index contributed by atoms with van der Waals surface area (Å²) in [6.07, 6.45) is 0.955. The smallest absolute Gasteiger partial charge is 0.306 e. The lowest BCUT2D eigenvalue weighted by Gasteiger charge is -2.30. The molecule has 3 rings (SSSR count). The first kappa shape index (κ1) is 19.6. The number of nitrogens with one attached hydrogen (secondary N) is 1. The second-order valence-electron chi connectivity index (χ2n) is 7.24. The van der Waals surface area contributed by atoms with Gasteiger partial charge in [0.05, 0.1) is 5.92 Å². The van der Waals surface area contributed by atoms with Gasteiger partial charge < -0.3 is 15.3 Å². The van der Waals surface area contributed by atoms with E-state index in [1.807, 2.05) is 26.0 Å². The molecule has 0 spiro atoms. The molecule has 146 valence electrons. The highest BCUT2D eigenvalue weighted by atomic mass is 16.4. The summed E-state index contributed by atoms with van der Waals surface area (Å²) in [7, 11) is 0. The van der Waals surface area contributed by atoms with Crippen molar-refractivity contribution in [3.05, 3.63) is 64.7 Å². The highest BCUT2D eigenvalue weighted by Crippen LogP contribution is 2.20. The van der Waals surface area contributed by atoms with Gasteiger partial charge in [0.25, 0.3) is 11.8 Å². The highest BCUT2D eigenvalue weighted by molar-refractivity contribution is 6.04. The fourth-order valence-corrected chi connectivity index (χ4v) is 3.29. The Labute approximate surface area is 164 Å². The van der Waals surface area contributed by atoms with E-state index < -0.39 is 5.97 Å². The Balaban J connectivity index is 1.61. The third kappa shape index (κ3) is 4.39. The standard InChI is InChI=1S/C22H24N2O4/c1-14-3-4-18(13-15(14)2)20(25)23-19-7-5-16(6-8-19)21(26)24-11-9-17(10-12-24)22(27)28/h3-8,13,17H,9-12H2,1-2H3,(H,23,25)(H,27,28). The number of carbonyl (C=O) groups is 3. The molecule has 6 nitrogen and oxygen atoms in total. The SMILES string of the molecule is Cc1ccc(C(=O)Nc2ccc(C(=O)N3CCC(C(=O)O)CC3)cc2)cc1C. The number of amides is 2. The van der Waals surface area contributed by atoms with E-state index in [1.165, 1.54) is 0 Å². The molecule has 2 N–H and O–H groups in total. The first-order valence-electron chi connectivity index (χ1n) is 9.36. The molecule has 1 aliphatic rings. The molecule has 0 aliphatic carbocycles. The average molecular weight is 380 g/mol. The lowest BCUT2D eigenvalue weighted by Crippen LogP contribution is -2.40. The van der Waals surface area contributed by atoms with Gasteiger partial charge in [-0.2, -0.15) is 0 Å². The number of carbonyl (C=O) groups excluding carboxylic acids is 2. The number of carboxylic acid groups (broad SMARTS) is 1. The van der Waals surface area contributed by atoms with Gasteiger partial charge >= 0.3 is 5.97 Å². The fourth-order valence-electron chi connectivity index (χ4n) is 3.29. The molecule has 6 heteroatoms. The Morgan fingerprint density at radius 1 is 0.929 bits per heavy atom. The number of nitrogens with zero attached hydrogens (tertiary/aromatic N) is 1. The van der Waals surface area contributed by atoms with Gasteiger partial charge in [-0.3, -0.25) is 14.4 Å². The molecule has 2 aromatic rings. The van der Waals surface area contributed by atoms with Crippen LogP contribution in [0, 0.1) is 19.8 Å². The summed E-state index contributed by atoms with van der Waals surface area (Å²) in [5, 5.41) is 11.9. The van der Waals surface area contributed by atoms with E-state index in [9.17, 15) is 14.4 Å². The van der Waals surface area contributed by atoms with Gasteiger partial charge in [0, 0.05) is 29.9 Å². The number of aliphatic carboxylic acids is 1. The van der Waals surface area contributed by atoms with Crippen LogP contribution in [0.5, 0.6) is 0 Å². The zero-order valence-electron chi connectivity index (χ0n) is 16.1. The summed E-state index contributed by atoms with van der Waals surface area (Å²) in [4.78, 5) is 37.7. The predicted molar refractivity (Wildman–Crippen MR) is 107 cm³/mol. The summed E-state index contributed by atoms with van der Waals surface area (Å²) in [6, 6.07) is 12.3. The number of aryl methyl sites for hydroxylation is 2. The minimum atomic E-state index is -0.795. The van der Waals surface area contributed by atoms with Crippen molar-refractivity contribution in [2.75, 3.05) is 18.4 Å². The van der Waals surface area contributed by atoms with Gasteiger partial charge in [-0.25, -0.2) is 0 Å². The molecule has 2 amide bonds. The molecule has 1 aliphatic heterocycles. The third-order valence-electron chi connectivity index (χ3n) is 5.29. The van der Waals surface area contributed by atoms with Gasteiger partial charge in [-0.1, -0.05) is 6.07 Å². The van der Waals surface area contributed by atoms with Crippen LogP contribution in [0.3, 0.4) is 0 Å². The first-order valence-corrected chi connectivity index (χ1v) is 9.36. The monoisotopic (exact) mass is 380 g/mol. The summed E-state index contributed by atoms with van der Waals surface area (Å²) in [6.45, 7) is 4.85. The number of carboxylic acids is 1. The molecule has 0 aromatic heterocycles. The molecule has 28 heavy (non-hydrogen) atoms. The molecule has 0 unspecified atom stereocenters. The Morgan fingerprint density at radius 2 is 1.54 bits per heavy atom. The lowest BCUT2D eigenvalue weighted by molar-refractivity contribution is -0.143. The topological polar surface area (TPSA) is 86.7 Å². The molecular weight excluding hydrogens is 356 g/mol. The Bertz CT molecular complexity index is 897. The van der Waals surface area contributed by atoms with Crippen molar-refractivity contribution in [1.82, 2.24) is 4.90 Å². The van der Waals surface area contributed by atoms with E-state index in [2.05, 4.69) is 5.32 Å². The van der Waals surface area contributed by atoms with Crippen LogP contribution >= 0.6 is 0 Å². The van der Waals surface area contributed by atoms with Crippen LogP contribution in [0.25, 0.3) is 0 Å². The summed E-state index contributed by atoms with van der Waals surface area (Å²) >= 11 is 0. The summed E-state index contributed by atoms with van der Waals surface area (Å²) < 4.78 is 0. The second-order valence-corrected chi connectivity index (χ2v) is 7.24. The molecule has 0 radical (unpaired) electrons. The largest absolute Gasteiger partial charge is 0.481 e. The molecule has 0 saturated carbocycles. The molecule has 1 saturated heterocycles.